The number of carbonyl (C=O) groups is 1. The summed E-state index contributed by atoms with van der Waals surface area (Å²) in [6.07, 6.45) is 5.53. The van der Waals surface area contributed by atoms with Gasteiger partial charge in [0.25, 0.3) is 0 Å². The maximum atomic E-state index is 11.4. The Bertz CT molecular complexity index is 474. The largest absolute Gasteiger partial charge is 0.455 e. The number of carbonyl (C=O) groups excluding carboxylic acids is 1. The van der Waals surface area contributed by atoms with Gasteiger partial charge in [0.15, 0.2) is 5.76 Å². The molecule has 6 nitrogen and oxygen atoms in total. The molecule has 1 aliphatic heterocycles. The lowest BCUT2D eigenvalue weighted by Gasteiger charge is -2.37. The highest BCUT2D eigenvalue weighted by atomic mass is 16.4. The van der Waals surface area contributed by atoms with Gasteiger partial charge >= 0.3 is 5.91 Å². The van der Waals surface area contributed by atoms with Crippen molar-refractivity contribution in [2.24, 2.45) is 5.84 Å². The molecule has 3 rings (SSSR count). The first kappa shape index (κ1) is 14.6. The van der Waals surface area contributed by atoms with Gasteiger partial charge in [-0.2, -0.15) is 0 Å². The molecule has 0 bridgehead atoms. The lowest BCUT2D eigenvalue weighted by molar-refractivity contribution is 0.0864. The molecule has 0 aromatic carbocycles. The van der Waals surface area contributed by atoms with Gasteiger partial charge in [0, 0.05) is 32.2 Å². The SMILES string of the molecule is NNC(=O)c1ccc(CN2CCN(C3CCCC3)CC2)o1. The van der Waals surface area contributed by atoms with Crippen LogP contribution < -0.4 is 11.3 Å². The summed E-state index contributed by atoms with van der Waals surface area (Å²) in [5, 5.41) is 0. The highest BCUT2D eigenvalue weighted by Gasteiger charge is 2.26. The Labute approximate surface area is 125 Å². The molecule has 0 radical (unpaired) electrons. The van der Waals surface area contributed by atoms with E-state index in [4.69, 9.17) is 10.3 Å². The molecule has 21 heavy (non-hydrogen) atoms. The molecule has 1 aromatic rings. The number of nitrogens with two attached hydrogens (primary N) is 1. The number of nitrogens with zero attached hydrogens (tertiary/aromatic N) is 2. The third-order valence-electron chi connectivity index (χ3n) is 4.64. The van der Waals surface area contributed by atoms with Crippen LogP contribution in [0.4, 0.5) is 0 Å². The summed E-state index contributed by atoms with van der Waals surface area (Å²) < 4.78 is 5.52. The van der Waals surface area contributed by atoms with E-state index in [-0.39, 0.29) is 11.7 Å². The second kappa shape index (κ2) is 6.60. The van der Waals surface area contributed by atoms with Crippen LogP contribution in [0.1, 0.15) is 42.0 Å². The Morgan fingerprint density at radius 2 is 1.95 bits per heavy atom. The fraction of sp³-hybridized carbons (Fsp3) is 0.667. The van der Waals surface area contributed by atoms with Crippen molar-refractivity contribution in [1.29, 1.82) is 0 Å². The molecular weight excluding hydrogens is 268 g/mol. The molecule has 1 saturated carbocycles. The molecule has 0 spiro atoms. The average molecular weight is 292 g/mol. The van der Waals surface area contributed by atoms with Gasteiger partial charge in [0.2, 0.25) is 0 Å². The molecule has 2 fully saturated rings. The number of rotatable bonds is 4. The van der Waals surface area contributed by atoms with E-state index < -0.39 is 0 Å². The summed E-state index contributed by atoms with van der Waals surface area (Å²) in [5.41, 5.74) is 2.08. The van der Waals surface area contributed by atoms with Crippen molar-refractivity contribution in [1.82, 2.24) is 15.2 Å². The van der Waals surface area contributed by atoms with Crippen LogP contribution in [-0.4, -0.2) is 47.9 Å². The van der Waals surface area contributed by atoms with Gasteiger partial charge in [-0.25, -0.2) is 5.84 Å². The van der Waals surface area contributed by atoms with Crippen molar-refractivity contribution in [3.8, 4) is 0 Å². The van der Waals surface area contributed by atoms with Gasteiger partial charge in [-0.1, -0.05) is 12.8 Å². The monoisotopic (exact) mass is 292 g/mol. The van der Waals surface area contributed by atoms with Crippen LogP contribution in [0.2, 0.25) is 0 Å². The Hall–Kier alpha value is -1.37. The van der Waals surface area contributed by atoms with Gasteiger partial charge in [-0.3, -0.25) is 20.0 Å². The average Bonchev–Trinajstić information content (AvgIpc) is 3.18. The number of piperazine rings is 1. The molecule has 2 aliphatic rings. The summed E-state index contributed by atoms with van der Waals surface area (Å²) in [6.45, 7) is 5.17. The maximum Gasteiger partial charge on any atom is 0.300 e. The number of furan rings is 1. The van der Waals surface area contributed by atoms with Crippen molar-refractivity contribution in [3.05, 3.63) is 23.7 Å². The van der Waals surface area contributed by atoms with Gasteiger partial charge in [0.05, 0.1) is 6.54 Å². The molecule has 3 N–H and O–H groups in total. The maximum absolute atomic E-state index is 11.4. The Kier molecular flexibility index (Phi) is 4.57. The van der Waals surface area contributed by atoms with Gasteiger partial charge in [-0.05, 0) is 25.0 Å². The van der Waals surface area contributed by atoms with E-state index in [0.717, 1.165) is 44.5 Å². The van der Waals surface area contributed by atoms with Crippen LogP contribution in [0, 0.1) is 0 Å². The second-order valence-corrected chi connectivity index (χ2v) is 5.99. The van der Waals surface area contributed by atoms with Crippen molar-refractivity contribution < 1.29 is 9.21 Å². The first-order valence-corrected chi connectivity index (χ1v) is 7.82. The van der Waals surface area contributed by atoms with Crippen LogP contribution in [-0.2, 0) is 6.54 Å². The normalized spacial score (nSPS) is 21.8. The predicted octanol–water partition coefficient (Wildman–Crippen LogP) is 0.943. The van der Waals surface area contributed by atoms with E-state index in [1.54, 1.807) is 6.07 Å². The summed E-state index contributed by atoms with van der Waals surface area (Å²) in [5.74, 6) is 5.81. The molecule has 0 unspecified atom stereocenters. The zero-order chi connectivity index (χ0) is 14.7. The van der Waals surface area contributed by atoms with E-state index in [2.05, 4.69) is 15.2 Å². The van der Waals surface area contributed by atoms with E-state index >= 15 is 0 Å². The van der Waals surface area contributed by atoms with Gasteiger partial charge in [-0.15, -0.1) is 0 Å². The highest BCUT2D eigenvalue weighted by Crippen LogP contribution is 2.24. The molecule has 1 aliphatic carbocycles. The van der Waals surface area contributed by atoms with Crippen molar-refractivity contribution in [2.75, 3.05) is 26.2 Å². The van der Waals surface area contributed by atoms with E-state index in [9.17, 15) is 4.79 Å². The number of hydrogen-bond acceptors (Lipinski definition) is 5. The zero-order valence-corrected chi connectivity index (χ0v) is 12.4. The Balaban J connectivity index is 1.48. The Morgan fingerprint density at radius 1 is 1.24 bits per heavy atom. The molecule has 116 valence electrons. The highest BCUT2D eigenvalue weighted by molar-refractivity contribution is 5.90. The fourth-order valence-corrected chi connectivity index (χ4v) is 3.43. The fourth-order valence-electron chi connectivity index (χ4n) is 3.43. The molecule has 6 heteroatoms. The smallest absolute Gasteiger partial charge is 0.300 e. The van der Waals surface area contributed by atoms with Crippen molar-refractivity contribution in [3.63, 3.8) is 0 Å². The Morgan fingerprint density at radius 3 is 2.62 bits per heavy atom. The summed E-state index contributed by atoms with van der Waals surface area (Å²) in [4.78, 5) is 16.4. The molecule has 0 atom stereocenters. The molecule has 1 saturated heterocycles. The minimum absolute atomic E-state index is 0.275. The number of nitrogens with one attached hydrogen (secondary N) is 1. The first-order valence-electron chi connectivity index (χ1n) is 7.82. The molecule has 1 aromatic heterocycles. The predicted molar refractivity (Wildman–Crippen MR) is 79.5 cm³/mol. The zero-order valence-electron chi connectivity index (χ0n) is 12.4. The topological polar surface area (TPSA) is 74.7 Å². The van der Waals surface area contributed by atoms with E-state index in [0.29, 0.717) is 0 Å². The number of hydrogen-bond donors (Lipinski definition) is 2. The minimum Gasteiger partial charge on any atom is -0.455 e. The summed E-state index contributed by atoms with van der Waals surface area (Å²) in [6, 6.07) is 4.34. The van der Waals surface area contributed by atoms with Crippen LogP contribution in [0.3, 0.4) is 0 Å². The molecule has 2 heterocycles. The van der Waals surface area contributed by atoms with E-state index in [1.165, 1.54) is 25.7 Å². The van der Waals surface area contributed by atoms with Crippen molar-refractivity contribution in [2.45, 2.75) is 38.3 Å². The minimum atomic E-state index is -0.382. The van der Waals surface area contributed by atoms with Gasteiger partial charge < -0.3 is 4.42 Å². The second-order valence-electron chi connectivity index (χ2n) is 5.99. The standard InChI is InChI=1S/C15H24N4O2/c16-17-15(20)14-6-5-13(21-14)11-18-7-9-19(10-8-18)12-3-1-2-4-12/h5-6,12H,1-4,7-11,16H2,(H,17,20). The first-order chi connectivity index (χ1) is 10.3. The summed E-state index contributed by atoms with van der Waals surface area (Å²) >= 11 is 0. The number of hydrazine groups is 1. The molecule has 1 amide bonds. The van der Waals surface area contributed by atoms with Crippen LogP contribution >= 0.6 is 0 Å². The van der Waals surface area contributed by atoms with Crippen LogP contribution in [0.15, 0.2) is 16.5 Å². The van der Waals surface area contributed by atoms with E-state index in [1.807, 2.05) is 6.07 Å². The molecular formula is C15H24N4O2. The quantitative estimate of drug-likeness (QED) is 0.491. The number of nitrogen functional groups attached to an aromatic ring is 1. The lowest BCUT2D eigenvalue weighted by Crippen LogP contribution is -2.49. The third kappa shape index (κ3) is 3.45. The third-order valence-corrected chi connectivity index (χ3v) is 4.64. The summed E-state index contributed by atoms with van der Waals surface area (Å²) in [7, 11) is 0. The number of amides is 1. The van der Waals surface area contributed by atoms with Crippen molar-refractivity contribution >= 4 is 5.91 Å². The van der Waals surface area contributed by atoms with Gasteiger partial charge in [0.1, 0.15) is 5.76 Å². The lowest BCUT2D eigenvalue weighted by atomic mass is 10.2. The van der Waals surface area contributed by atoms with Crippen LogP contribution in [0.5, 0.6) is 0 Å². The van der Waals surface area contributed by atoms with Crippen LogP contribution in [0.25, 0.3) is 0 Å².